The molecular formula is C12H20BrN3O3S. The molecule has 0 aromatic heterocycles. The molecule has 1 aromatic rings. The van der Waals surface area contributed by atoms with Crippen LogP contribution in [0.3, 0.4) is 0 Å². The Morgan fingerprint density at radius 3 is 2.30 bits per heavy atom. The van der Waals surface area contributed by atoms with Crippen LogP contribution in [-0.4, -0.2) is 39.9 Å². The molecule has 0 aliphatic carbocycles. The van der Waals surface area contributed by atoms with E-state index in [1.54, 1.807) is 19.2 Å². The quantitative estimate of drug-likeness (QED) is 0.603. The number of hydrogen-bond donors (Lipinski definition) is 3. The van der Waals surface area contributed by atoms with Crippen LogP contribution < -0.4 is 16.2 Å². The standard InChI is InChI=1S/C12H19N3O3S.BrH/c1-13-15-9-10-3-5-11(6-4-10)12(16)14-7-8-19(2,17)18;/h3-6,13,15H,7-9H2,1-2H3,(H,14,16);1H. The third-order valence-corrected chi connectivity index (χ3v) is 3.39. The van der Waals surface area contributed by atoms with Gasteiger partial charge >= 0.3 is 0 Å². The summed E-state index contributed by atoms with van der Waals surface area (Å²) in [5.74, 6) is -0.320. The third kappa shape index (κ3) is 7.59. The first-order valence-corrected chi connectivity index (χ1v) is 7.93. The Morgan fingerprint density at radius 1 is 1.20 bits per heavy atom. The minimum absolute atomic E-state index is 0. The van der Waals surface area contributed by atoms with Gasteiger partial charge in [0.05, 0.1) is 5.75 Å². The Hall–Kier alpha value is -0.960. The van der Waals surface area contributed by atoms with Crippen molar-refractivity contribution in [1.82, 2.24) is 16.2 Å². The molecule has 0 fully saturated rings. The first-order valence-electron chi connectivity index (χ1n) is 5.87. The Labute approximate surface area is 130 Å². The van der Waals surface area contributed by atoms with Gasteiger partial charge in [-0.15, -0.1) is 17.0 Å². The molecule has 0 atom stereocenters. The predicted octanol–water partition coefficient (Wildman–Crippen LogP) is 0.263. The van der Waals surface area contributed by atoms with Crippen LogP contribution in [-0.2, 0) is 16.4 Å². The lowest BCUT2D eigenvalue weighted by Gasteiger charge is -2.06. The maximum absolute atomic E-state index is 11.7. The summed E-state index contributed by atoms with van der Waals surface area (Å²) in [6.07, 6.45) is 1.14. The van der Waals surface area contributed by atoms with Gasteiger partial charge in [0.2, 0.25) is 0 Å². The largest absolute Gasteiger partial charge is 0.351 e. The van der Waals surface area contributed by atoms with Crippen LogP contribution in [0, 0.1) is 0 Å². The molecule has 8 heteroatoms. The molecule has 3 N–H and O–H groups in total. The summed E-state index contributed by atoms with van der Waals surface area (Å²) in [5.41, 5.74) is 7.32. The summed E-state index contributed by atoms with van der Waals surface area (Å²) >= 11 is 0. The van der Waals surface area contributed by atoms with Gasteiger partial charge in [-0.2, -0.15) is 0 Å². The Morgan fingerprint density at radius 2 is 1.80 bits per heavy atom. The normalized spacial score (nSPS) is 10.7. The van der Waals surface area contributed by atoms with Gasteiger partial charge in [0.25, 0.3) is 5.91 Å². The van der Waals surface area contributed by atoms with Gasteiger partial charge in [-0.1, -0.05) is 12.1 Å². The van der Waals surface area contributed by atoms with Crippen LogP contribution in [0.1, 0.15) is 15.9 Å². The molecule has 0 aliphatic heterocycles. The molecule has 0 unspecified atom stereocenters. The van der Waals surface area contributed by atoms with E-state index in [0.29, 0.717) is 12.1 Å². The van der Waals surface area contributed by atoms with Crippen molar-refractivity contribution < 1.29 is 13.2 Å². The number of carbonyl (C=O) groups is 1. The third-order valence-electron chi connectivity index (χ3n) is 2.44. The van der Waals surface area contributed by atoms with Gasteiger partial charge in [-0.05, 0) is 24.7 Å². The topological polar surface area (TPSA) is 87.3 Å². The monoisotopic (exact) mass is 365 g/mol. The fourth-order valence-electron chi connectivity index (χ4n) is 1.42. The fraction of sp³-hybridized carbons (Fsp3) is 0.417. The van der Waals surface area contributed by atoms with Crippen molar-refractivity contribution in [3.63, 3.8) is 0 Å². The predicted molar refractivity (Wildman–Crippen MR) is 84.7 cm³/mol. The zero-order valence-electron chi connectivity index (χ0n) is 11.5. The van der Waals surface area contributed by atoms with Crippen LogP contribution in [0.15, 0.2) is 24.3 Å². The molecular weight excluding hydrogens is 346 g/mol. The van der Waals surface area contributed by atoms with Crippen molar-refractivity contribution in [3.8, 4) is 0 Å². The highest BCUT2D eigenvalue weighted by molar-refractivity contribution is 8.93. The average Bonchev–Trinajstić information content (AvgIpc) is 2.35. The van der Waals surface area contributed by atoms with E-state index in [4.69, 9.17) is 0 Å². The van der Waals surface area contributed by atoms with E-state index in [9.17, 15) is 13.2 Å². The van der Waals surface area contributed by atoms with Gasteiger partial charge in [0.15, 0.2) is 0 Å². The number of benzene rings is 1. The minimum atomic E-state index is -3.05. The highest BCUT2D eigenvalue weighted by atomic mass is 79.9. The smallest absolute Gasteiger partial charge is 0.251 e. The first kappa shape index (κ1) is 19.0. The maximum Gasteiger partial charge on any atom is 0.251 e. The van der Waals surface area contributed by atoms with E-state index < -0.39 is 9.84 Å². The summed E-state index contributed by atoms with van der Waals surface area (Å²) in [6, 6.07) is 7.11. The van der Waals surface area contributed by atoms with E-state index in [2.05, 4.69) is 16.2 Å². The summed E-state index contributed by atoms with van der Waals surface area (Å²) in [5, 5.41) is 2.57. The summed E-state index contributed by atoms with van der Waals surface area (Å²) in [7, 11) is -1.27. The van der Waals surface area contributed by atoms with Crippen LogP contribution in [0.5, 0.6) is 0 Å². The molecule has 20 heavy (non-hydrogen) atoms. The molecule has 114 valence electrons. The molecule has 6 nitrogen and oxygen atoms in total. The number of carbonyl (C=O) groups excluding carboxylic acids is 1. The number of rotatable bonds is 7. The SMILES string of the molecule is Br.CNNCc1ccc(C(=O)NCCS(C)(=O)=O)cc1. The second-order valence-corrected chi connectivity index (χ2v) is 6.45. The number of hydrazine groups is 1. The van der Waals surface area contributed by atoms with E-state index in [0.717, 1.165) is 11.8 Å². The maximum atomic E-state index is 11.7. The zero-order valence-corrected chi connectivity index (χ0v) is 14.0. The molecule has 0 aliphatic rings. The molecule has 1 aromatic carbocycles. The molecule has 0 bridgehead atoms. The second-order valence-electron chi connectivity index (χ2n) is 4.19. The number of sulfone groups is 1. The van der Waals surface area contributed by atoms with E-state index in [-0.39, 0.29) is 35.2 Å². The van der Waals surface area contributed by atoms with Gasteiger partial charge in [-0.3, -0.25) is 15.6 Å². The zero-order chi connectivity index (χ0) is 14.3. The Kier molecular flexibility index (Phi) is 8.63. The molecule has 1 rings (SSSR count). The van der Waals surface area contributed by atoms with Crippen LogP contribution in [0.25, 0.3) is 0 Å². The number of halogens is 1. The molecule has 0 saturated carbocycles. The van der Waals surface area contributed by atoms with Crippen molar-refractivity contribution in [2.75, 3.05) is 25.6 Å². The van der Waals surface area contributed by atoms with Gasteiger partial charge in [0, 0.05) is 24.9 Å². The summed E-state index contributed by atoms with van der Waals surface area (Å²) in [6.45, 7) is 0.785. The first-order chi connectivity index (χ1) is 8.92. The number of amides is 1. The van der Waals surface area contributed by atoms with Crippen LogP contribution >= 0.6 is 17.0 Å². The average molecular weight is 366 g/mol. The summed E-state index contributed by atoms with van der Waals surface area (Å²) < 4.78 is 21.9. The molecule has 0 spiro atoms. The van der Waals surface area contributed by atoms with Crippen LogP contribution in [0.2, 0.25) is 0 Å². The number of nitrogens with one attached hydrogen (secondary N) is 3. The molecule has 1 amide bonds. The fourth-order valence-corrected chi connectivity index (χ4v) is 1.89. The van der Waals surface area contributed by atoms with E-state index in [1.165, 1.54) is 0 Å². The highest BCUT2D eigenvalue weighted by Gasteiger charge is 2.07. The lowest BCUT2D eigenvalue weighted by atomic mass is 10.1. The van der Waals surface area contributed by atoms with Crippen molar-refractivity contribution >= 4 is 32.7 Å². The second kappa shape index (κ2) is 9.06. The van der Waals surface area contributed by atoms with E-state index in [1.807, 2.05) is 12.1 Å². The molecule has 0 radical (unpaired) electrons. The Balaban J connectivity index is 0.00000361. The van der Waals surface area contributed by atoms with Crippen LogP contribution in [0.4, 0.5) is 0 Å². The van der Waals surface area contributed by atoms with Crippen molar-refractivity contribution in [2.45, 2.75) is 6.54 Å². The number of hydrogen-bond acceptors (Lipinski definition) is 5. The Bertz CT molecular complexity index is 517. The van der Waals surface area contributed by atoms with Crippen molar-refractivity contribution in [3.05, 3.63) is 35.4 Å². The molecule has 0 saturated heterocycles. The van der Waals surface area contributed by atoms with Gasteiger partial charge in [-0.25, -0.2) is 8.42 Å². The van der Waals surface area contributed by atoms with E-state index >= 15 is 0 Å². The van der Waals surface area contributed by atoms with Crippen molar-refractivity contribution in [2.24, 2.45) is 0 Å². The van der Waals surface area contributed by atoms with Gasteiger partial charge < -0.3 is 5.32 Å². The lowest BCUT2D eigenvalue weighted by Crippen LogP contribution is -2.29. The van der Waals surface area contributed by atoms with Crippen molar-refractivity contribution in [1.29, 1.82) is 0 Å². The lowest BCUT2D eigenvalue weighted by molar-refractivity contribution is 0.0956. The summed E-state index contributed by atoms with van der Waals surface area (Å²) in [4.78, 5) is 11.7. The molecule has 0 heterocycles. The van der Waals surface area contributed by atoms with Gasteiger partial charge in [0.1, 0.15) is 9.84 Å². The minimum Gasteiger partial charge on any atom is -0.351 e. The highest BCUT2D eigenvalue weighted by Crippen LogP contribution is 2.04.